The van der Waals surface area contributed by atoms with Crippen LogP contribution in [-0.2, 0) is 13.0 Å². The molecule has 0 saturated carbocycles. The molecule has 6 nitrogen and oxygen atoms in total. The number of carbonyl (C=O) groups is 1. The van der Waals surface area contributed by atoms with E-state index in [4.69, 9.17) is 0 Å². The predicted octanol–water partition coefficient (Wildman–Crippen LogP) is 3.91. The topological polar surface area (TPSA) is 69.6 Å². The lowest BCUT2D eigenvalue weighted by Crippen LogP contribution is -2.38. The fraction of sp³-hybridized carbons (Fsp3) is 0.500. The Morgan fingerprint density at radius 2 is 1.83 bits per heavy atom. The first-order valence-electron chi connectivity index (χ1n) is 10.3. The van der Waals surface area contributed by atoms with Crippen molar-refractivity contribution in [3.05, 3.63) is 51.0 Å². The second-order valence-electron chi connectivity index (χ2n) is 7.40. The zero-order chi connectivity index (χ0) is 20.6. The summed E-state index contributed by atoms with van der Waals surface area (Å²) in [5.74, 6) is 0.915. The standard InChI is InChI=1S/C22H31N5OS.HI/c1-16-17(2)29-20(26-16)11-12-24-22(23-3)25-15-18-7-9-19(10-8-18)21(28)27-13-5-4-6-14-27;/h7-10H,4-6,11-15H2,1-3H3,(H2,23,24,25);1H. The van der Waals surface area contributed by atoms with Crippen LogP contribution in [0.5, 0.6) is 0 Å². The molecule has 164 valence electrons. The highest BCUT2D eigenvalue weighted by molar-refractivity contribution is 14.0. The molecule has 2 N–H and O–H groups in total. The Morgan fingerprint density at radius 1 is 1.13 bits per heavy atom. The quantitative estimate of drug-likeness (QED) is 0.331. The third-order valence-corrected chi connectivity index (χ3v) is 6.36. The maximum Gasteiger partial charge on any atom is 0.253 e. The monoisotopic (exact) mass is 541 g/mol. The number of aromatic nitrogens is 1. The van der Waals surface area contributed by atoms with Crippen LogP contribution in [0.1, 0.15) is 50.8 Å². The zero-order valence-corrected chi connectivity index (χ0v) is 21.2. The molecule has 0 radical (unpaired) electrons. The predicted molar refractivity (Wildman–Crippen MR) is 135 cm³/mol. The number of carbonyl (C=O) groups excluding carboxylic acids is 1. The summed E-state index contributed by atoms with van der Waals surface area (Å²) in [7, 11) is 1.77. The van der Waals surface area contributed by atoms with Gasteiger partial charge in [0.1, 0.15) is 0 Å². The van der Waals surface area contributed by atoms with E-state index in [9.17, 15) is 4.79 Å². The van der Waals surface area contributed by atoms with Gasteiger partial charge in [-0.05, 0) is 50.8 Å². The minimum Gasteiger partial charge on any atom is -0.356 e. The highest BCUT2D eigenvalue weighted by Gasteiger charge is 2.17. The molecule has 1 aliphatic heterocycles. The van der Waals surface area contributed by atoms with Crippen LogP contribution >= 0.6 is 35.3 Å². The number of thiazole rings is 1. The number of nitrogens with one attached hydrogen (secondary N) is 2. The molecule has 1 aliphatic rings. The van der Waals surface area contributed by atoms with E-state index in [0.717, 1.165) is 66.7 Å². The van der Waals surface area contributed by atoms with Crippen molar-refractivity contribution >= 4 is 47.2 Å². The number of aryl methyl sites for hydroxylation is 2. The third-order valence-electron chi connectivity index (χ3n) is 5.23. The first-order chi connectivity index (χ1) is 14.1. The Kier molecular flexibility index (Phi) is 10.0. The van der Waals surface area contributed by atoms with E-state index in [1.807, 2.05) is 29.2 Å². The van der Waals surface area contributed by atoms with Gasteiger partial charge in [-0.2, -0.15) is 0 Å². The summed E-state index contributed by atoms with van der Waals surface area (Å²) in [6.45, 7) is 7.36. The molecule has 3 rings (SSSR count). The molecule has 1 aromatic heterocycles. The van der Waals surface area contributed by atoms with Gasteiger partial charge in [0, 0.05) is 50.1 Å². The molecule has 2 heterocycles. The highest BCUT2D eigenvalue weighted by Crippen LogP contribution is 2.16. The van der Waals surface area contributed by atoms with Crippen LogP contribution in [0.25, 0.3) is 0 Å². The van der Waals surface area contributed by atoms with E-state index in [2.05, 4.69) is 34.5 Å². The molecular formula is C22H32IN5OS. The largest absolute Gasteiger partial charge is 0.356 e. The molecular weight excluding hydrogens is 509 g/mol. The lowest BCUT2D eigenvalue weighted by atomic mass is 10.1. The highest BCUT2D eigenvalue weighted by atomic mass is 127. The molecule has 8 heteroatoms. The van der Waals surface area contributed by atoms with Crippen LogP contribution in [0.15, 0.2) is 29.3 Å². The van der Waals surface area contributed by atoms with E-state index in [1.165, 1.54) is 11.3 Å². The number of hydrogen-bond acceptors (Lipinski definition) is 4. The smallest absolute Gasteiger partial charge is 0.253 e. The number of halogens is 1. The summed E-state index contributed by atoms with van der Waals surface area (Å²) in [5.41, 5.74) is 3.01. The number of likely N-dealkylation sites (tertiary alicyclic amines) is 1. The van der Waals surface area contributed by atoms with E-state index in [0.29, 0.717) is 6.54 Å². The number of piperidine rings is 1. The SMILES string of the molecule is CN=C(NCCc1nc(C)c(C)s1)NCc1ccc(C(=O)N2CCCCC2)cc1.I. The van der Waals surface area contributed by atoms with Crippen molar-refractivity contribution in [2.45, 2.75) is 46.1 Å². The van der Waals surface area contributed by atoms with Crippen LogP contribution in [0.4, 0.5) is 0 Å². The maximum absolute atomic E-state index is 12.6. The summed E-state index contributed by atoms with van der Waals surface area (Å²) in [5, 5.41) is 7.81. The Balaban J connectivity index is 0.00000320. The van der Waals surface area contributed by atoms with Crippen LogP contribution < -0.4 is 10.6 Å². The van der Waals surface area contributed by atoms with E-state index in [-0.39, 0.29) is 29.9 Å². The second kappa shape index (κ2) is 12.2. The lowest BCUT2D eigenvalue weighted by molar-refractivity contribution is 0.0724. The first kappa shape index (κ1) is 24.6. The molecule has 0 unspecified atom stereocenters. The molecule has 2 aromatic rings. The summed E-state index contributed by atoms with van der Waals surface area (Å²) < 4.78 is 0. The average molecular weight is 542 g/mol. The summed E-state index contributed by atoms with van der Waals surface area (Å²) in [6, 6.07) is 7.88. The number of rotatable bonds is 6. The van der Waals surface area contributed by atoms with E-state index in [1.54, 1.807) is 18.4 Å². The van der Waals surface area contributed by atoms with E-state index < -0.39 is 0 Å². The number of guanidine groups is 1. The van der Waals surface area contributed by atoms with Crippen LogP contribution in [0.2, 0.25) is 0 Å². The molecule has 0 bridgehead atoms. The number of aliphatic imine (C=N–C) groups is 1. The van der Waals surface area contributed by atoms with Crippen molar-refractivity contribution in [1.29, 1.82) is 0 Å². The molecule has 30 heavy (non-hydrogen) atoms. The van der Waals surface area contributed by atoms with Crippen molar-refractivity contribution in [3.63, 3.8) is 0 Å². The van der Waals surface area contributed by atoms with E-state index >= 15 is 0 Å². The molecule has 0 spiro atoms. The van der Waals surface area contributed by atoms with Gasteiger partial charge in [-0.1, -0.05) is 12.1 Å². The summed E-state index contributed by atoms with van der Waals surface area (Å²) >= 11 is 1.76. The van der Waals surface area contributed by atoms with Crippen molar-refractivity contribution in [1.82, 2.24) is 20.5 Å². The van der Waals surface area contributed by atoms with Gasteiger partial charge < -0.3 is 15.5 Å². The fourth-order valence-electron chi connectivity index (χ4n) is 3.39. The minimum absolute atomic E-state index is 0. The Morgan fingerprint density at radius 3 is 2.43 bits per heavy atom. The normalized spacial score (nSPS) is 14.2. The van der Waals surface area contributed by atoms with Crippen LogP contribution in [0.3, 0.4) is 0 Å². The van der Waals surface area contributed by atoms with Crippen molar-refractivity contribution < 1.29 is 4.79 Å². The van der Waals surface area contributed by atoms with Crippen molar-refractivity contribution in [2.24, 2.45) is 4.99 Å². The Labute approximate surface area is 200 Å². The molecule has 0 aliphatic carbocycles. The summed E-state index contributed by atoms with van der Waals surface area (Å²) in [4.78, 5) is 24.7. The summed E-state index contributed by atoms with van der Waals surface area (Å²) in [6.07, 6.45) is 4.34. The van der Waals surface area contributed by atoms with Gasteiger partial charge in [-0.15, -0.1) is 35.3 Å². The van der Waals surface area contributed by atoms with Gasteiger partial charge in [-0.25, -0.2) is 4.98 Å². The van der Waals surface area contributed by atoms with Crippen molar-refractivity contribution in [2.75, 3.05) is 26.7 Å². The Hall–Kier alpha value is -1.68. The fourth-order valence-corrected chi connectivity index (χ4v) is 4.32. The number of nitrogens with zero attached hydrogens (tertiary/aromatic N) is 3. The van der Waals surface area contributed by atoms with Gasteiger partial charge in [0.25, 0.3) is 5.91 Å². The molecule has 1 saturated heterocycles. The number of amides is 1. The van der Waals surface area contributed by atoms with Gasteiger partial charge in [-0.3, -0.25) is 9.79 Å². The molecule has 1 fully saturated rings. The second-order valence-corrected chi connectivity index (χ2v) is 8.69. The maximum atomic E-state index is 12.6. The van der Waals surface area contributed by atoms with Gasteiger partial charge in [0.05, 0.1) is 10.7 Å². The first-order valence-corrected chi connectivity index (χ1v) is 11.1. The molecule has 1 amide bonds. The molecule has 0 atom stereocenters. The zero-order valence-electron chi connectivity index (χ0n) is 18.0. The minimum atomic E-state index is 0. The molecule has 1 aromatic carbocycles. The van der Waals surface area contributed by atoms with Gasteiger partial charge in [0.2, 0.25) is 0 Å². The van der Waals surface area contributed by atoms with Crippen LogP contribution in [-0.4, -0.2) is 48.4 Å². The number of benzene rings is 1. The third kappa shape index (κ3) is 6.94. The van der Waals surface area contributed by atoms with Crippen molar-refractivity contribution in [3.8, 4) is 0 Å². The van der Waals surface area contributed by atoms with Gasteiger partial charge in [0.15, 0.2) is 5.96 Å². The number of hydrogen-bond donors (Lipinski definition) is 2. The van der Waals surface area contributed by atoms with Gasteiger partial charge >= 0.3 is 0 Å². The Bertz CT molecular complexity index is 824. The average Bonchev–Trinajstić information content (AvgIpc) is 3.08. The lowest BCUT2D eigenvalue weighted by Gasteiger charge is -2.26. The van der Waals surface area contributed by atoms with Crippen LogP contribution in [0, 0.1) is 13.8 Å².